The number of fused-ring (bicyclic) bond motifs is 12. The van der Waals surface area contributed by atoms with Crippen LogP contribution in [-0.2, 0) is 0 Å². The lowest BCUT2D eigenvalue weighted by atomic mass is 9.95. The number of rotatable bonds is 3. The van der Waals surface area contributed by atoms with Gasteiger partial charge in [0.15, 0.2) is 0 Å². The molecule has 0 aliphatic rings. The van der Waals surface area contributed by atoms with Crippen molar-refractivity contribution in [2.45, 2.75) is 0 Å². The third-order valence-corrected chi connectivity index (χ3v) is 11.7. The minimum atomic E-state index is -0.430. The van der Waals surface area contributed by atoms with Crippen molar-refractivity contribution in [3.05, 3.63) is 203 Å². The van der Waals surface area contributed by atoms with E-state index in [1.165, 1.54) is 15.3 Å². The van der Waals surface area contributed by atoms with Crippen LogP contribution in [0.4, 0.5) is 0 Å². The highest BCUT2D eigenvalue weighted by Gasteiger charge is 2.21. The summed E-state index contributed by atoms with van der Waals surface area (Å²) in [7, 11) is 0. The summed E-state index contributed by atoms with van der Waals surface area (Å²) >= 11 is 0. The van der Waals surface area contributed by atoms with Gasteiger partial charge >= 0.3 is 0 Å². The molecule has 0 aliphatic heterocycles. The van der Waals surface area contributed by atoms with E-state index >= 15 is 9.59 Å². The molecule has 0 saturated carbocycles. The van der Waals surface area contributed by atoms with E-state index in [4.69, 9.17) is 4.42 Å². The van der Waals surface area contributed by atoms with Crippen molar-refractivity contribution in [3.8, 4) is 22.5 Å². The molecule has 0 saturated heterocycles. The van der Waals surface area contributed by atoms with Crippen molar-refractivity contribution in [2.24, 2.45) is 0 Å². The SMILES string of the molecule is O=c1c2cc3c4ccccc4n(-c4ccccc4)c3cc2c2ccc3c4ccccc4oc3c2c(=O)n1-c1ccc(-c2cccc3cc4ccccc4cc23)cc1. The Hall–Kier alpha value is -7.76. The Morgan fingerprint density at radius 3 is 1.89 bits per heavy atom. The first kappa shape index (κ1) is 31.6. The second-order valence-corrected chi connectivity index (χ2v) is 14.8. The van der Waals surface area contributed by atoms with Gasteiger partial charge in [-0.2, -0.15) is 0 Å². The number of benzene rings is 9. The van der Waals surface area contributed by atoms with Crippen molar-refractivity contribution in [2.75, 3.05) is 0 Å². The highest BCUT2D eigenvalue weighted by molar-refractivity contribution is 6.22. The predicted octanol–water partition coefficient (Wildman–Crippen LogP) is 12.5. The van der Waals surface area contributed by atoms with Crippen molar-refractivity contribution >= 4 is 86.8 Å². The van der Waals surface area contributed by atoms with Crippen molar-refractivity contribution in [1.29, 1.82) is 0 Å². The molecule has 0 bridgehead atoms. The van der Waals surface area contributed by atoms with Crippen LogP contribution in [0, 0.1) is 0 Å². The molecule has 57 heavy (non-hydrogen) atoms. The molecule has 5 nitrogen and oxygen atoms in total. The van der Waals surface area contributed by atoms with Gasteiger partial charge in [0.2, 0.25) is 0 Å². The van der Waals surface area contributed by atoms with Crippen LogP contribution >= 0.6 is 0 Å². The topological polar surface area (TPSA) is 57.1 Å². The van der Waals surface area contributed by atoms with Gasteiger partial charge in [0.05, 0.1) is 22.1 Å². The predicted molar refractivity (Wildman–Crippen MR) is 235 cm³/mol. The van der Waals surface area contributed by atoms with Crippen molar-refractivity contribution in [1.82, 2.24) is 9.13 Å². The van der Waals surface area contributed by atoms with Crippen LogP contribution in [0.3, 0.4) is 0 Å². The molecular weight excluding hydrogens is 701 g/mol. The zero-order valence-corrected chi connectivity index (χ0v) is 30.4. The van der Waals surface area contributed by atoms with Gasteiger partial charge in [-0.1, -0.05) is 115 Å². The molecule has 9 aromatic carbocycles. The fourth-order valence-corrected chi connectivity index (χ4v) is 9.06. The van der Waals surface area contributed by atoms with Gasteiger partial charge in [-0.05, 0) is 110 Å². The molecule has 12 rings (SSSR count). The summed E-state index contributed by atoms with van der Waals surface area (Å²) in [4.78, 5) is 30.4. The Morgan fingerprint density at radius 1 is 0.368 bits per heavy atom. The third kappa shape index (κ3) is 4.57. The largest absolute Gasteiger partial charge is 0.455 e. The Bertz CT molecular complexity index is 3780. The van der Waals surface area contributed by atoms with E-state index in [2.05, 4.69) is 89.5 Å². The van der Waals surface area contributed by atoms with E-state index in [9.17, 15) is 0 Å². The second kappa shape index (κ2) is 11.9. The fraction of sp³-hybridized carbons (Fsp3) is 0. The van der Waals surface area contributed by atoms with Crippen LogP contribution in [0.5, 0.6) is 0 Å². The lowest BCUT2D eigenvalue weighted by Crippen LogP contribution is -2.28. The van der Waals surface area contributed by atoms with E-state index in [-0.39, 0.29) is 0 Å². The lowest BCUT2D eigenvalue weighted by molar-refractivity contribution is 0.672. The molecule has 5 heteroatoms. The van der Waals surface area contributed by atoms with Gasteiger partial charge in [0, 0.05) is 32.6 Å². The van der Waals surface area contributed by atoms with Gasteiger partial charge in [0.1, 0.15) is 11.2 Å². The second-order valence-electron chi connectivity index (χ2n) is 14.8. The molecule has 3 aromatic heterocycles. The van der Waals surface area contributed by atoms with Crippen LogP contribution in [0.25, 0.3) is 109 Å². The Labute approximate surface area is 324 Å². The average molecular weight is 731 g/mol. The molecule has 12 aromatic rings. The molecule has 0 radical (unpaired) electrons. The number of aromatic nitrogens is 2. The minimum absolute atomic E-state index is 0.363. The van der Waals surface area contributed by atoms with Crippen LogP contribution < -0.4 is 11.1 Å². The summed E-state index contributed by atoms with van der Waals surface area (Å²) in [5.74, 6) is 0. The molecule has 0 atom stereocenters. The number of hydrogen-bond acceptors (Lipinski definition) is 3. The number of para-hydroxylation sites is 3. The van der Waals surface area contributed by atoms with E-state index in [0.717, 1.165) is 60.2 Å². The van der Waals surface area contributed by atoms with E-state index in [0.29, 0.717) is 38.4 Å². The Morgan fingerprint density at radius 2 is 1.05 bits per heavy atom. The van der Waals surface area contributed by atoms with Crippen molar-refractivity contribution < 1.29 is 4.42 Å². The normalized spacial score (nSPS) is 12.0. The number of nitrogens with zero attached hydrogens (tertiary/aromatic N) is 2. The molecule has 266 valence electrons. The summed E-state index contributed by atoms with van der Waals surface area (Å²) < 4.78 is 10.1. The monoisotopic (exact) mass is 730 g/mol. The number of hydrogen-bond donors (Lipinski definition) is 0. The fourth-order valence-electron chi connectivity index (χ4n) is 9.06. The Balaban J connectivity index is 1.18. The maximum absolute atomic E-state index is 15.2. The first-order valence-corrected chi connectivity index (χ1v) is 19.1. The zero-order valence-electron chi connectivity index (χ0n) is 30.4. The average Bonchev–Trinajstić information content (AvgIpc) is 3.78. The zero-order chi connectivity index (χ0) is 37.8. The standard InChI is InChI=1S/C52H30N2O3/c55-51-45-29-44-38-16-6-8-19-46(38)53(35-14-2-1-3-15-35)47(44)30-43(45)40-25-26-41-39-17-7-9-20-48(39)57-50(41)49(40)52(56)54(51)36-23-21-31(22-24-36)37-18-10-13-34-27-32-11-4-5-12-33(32)28-42(34)37/h1-30H. The Kier molecular flexibility index (Phi) is 6.57. The highest BCUT2D eigenvalue weighted by atomic mass is 16.3. The van der Waals surface area contributed by atoms with E-state index < -0.39 is 11.1 Å². The molecule has 0 amide bonds. The van der Waals surface area contributed by atoms with Crippen LogP contribution in [0.1, 0.15) is 0 Å². The van der Waals surface area contributed by atoms with Gasteiger partial charge in [-0.3, -0.25) is 9.59 Å². The van der Waals surface area contributed by atoms with Crippen LogP contribution in [0.15, 0.2) is 196 Å². The lowest BCUT2D eigenvalue weighted by Gasteiger charge is -2.10. The number of furan rings is 1. The molecule has 0 unspecified atom stereocenters. The van der Waals surface area contributed by atoms with E-state index in [1.807, 2.05) is 97.1 Å². The summed E-state index contributed by atoms with van der Waals surface area (Å²) in [6.45, 7) is 0. The summed E-state index contributed by atoms with van der Waals surface area (Å²) in [6.07, 6.45) is 0. The minimum Gasteiger partial charge on any atom is -0.455 e. The molecule has 0 spiro atoms. The summed E-state index contributed by atoms with van der Waals surface area (Å²) in [5, 5.41) is 10.5. The third-order valence-electron chi connectivity index (χ3n) is 11.7. The molecule has 0 aliphatic carbocycles. The maximum atomic E-state index is 15.2. The van der Waals surface area contributed by atoms with E-state index in [1.54, 1.807) is 0 Å². The smallest absolute Gasteiger partial charge is 0.269 e. The summed E-state index contributed by atoms with van der Waals surface area (Å²) in [6, 6.07) is 61.3. The molecule has 0 fully saturated rings. The van der Waals surface area contributed by atoms with Gasteiger partial charge in [-0.25, -0.2) is 4.57 Å². The first-order chi connectivity index (χ1) is 28.1. The molecule has 3 heterocycles. The summed E-state index contributed by atoms with van der Waals surface area (Å²) in [5.41, 5.74) is 5.86. The first-order valence-electron chi connectivity index (χ1n) is 19.1. The van der Waals surface area contributed by atoms with Gasteiger partial charge in [-0.15, -0.1) is 0 Å². The van der Waals surface area contributed by atoms with Gasteiger partial charge in [0.25, 0.3) is 11.1 Å². The maximum Gasteiger partial charge on any atom is 0.269 e. The molecule has 0 N–H and O–H groups in total. The van der Waals surface area contributed by atoms with Crippen LogP contribution in [0.2, 0.25) is 0 Å². The van der Waals surface area contributed by atoms with Crippen LogP contribution in [-0.4, -0.2) is 9.13 Å². The quantitative estimate of drug-likeness (QED) is 0.170. The van der Waals surface area contributed by atoms with Gasteiger partial charge < -0.3 is 8.98 Å². The highest BCUT2D eigenvalue weighted by Crippen LogP contribution is 2.39. The van der Waals surface area contributed by atoms with Crippen molar-refractivity contribution in [3.63, 3.8) is 0 Å². The molecular formula is C52H30N2O3.